The molecule has 2 heterocycles. The Labute approximate surface area is 228 Å². The first-order valence-corrected chi connectivity index (χ1v) is 13.4. The summed E-state index contributed by atoms with van der Waals surface area (Å²) in [6, 6.07) is 23.0. The first kappa shape index (κ1) is 24.6. The van der Waals surface area contributed by atoms with Crippen LogP contribution in [-0.2, 0) is 0 Å². The van der Waals surface area contributed by atoms with Gasteiger partial charge in [-0.1, -0.05) is 54.6 Å². The zero-order valence-electron chi connectivity index (χ0n) is 20.7. The molecule has 0 N–H and O–H groups in total. The first-order valence-electron chi connectivity index (χ1n) is 12.6. The van der Waals surface area contributed by atoms with Crippen LogP contribution in [0.4, 0.5) is 16.5 Å². The van der Waals surface area contributed by atoms with Gasteiger partial charge in [0.15, 0.2) is 0 Å². The molecule has 0 amide bonds. The van der Waals surface area contributed by atoms with E-state index in [0.29, 0.717) is 5.13 Å². The highest BCUT2D eigenvalue weighted by Crippen LogP contribution is 2.47. The van der Waals surface area contributed by atoms with Gasteiger partial charge in [0.25, 0.3) is 11.4 Å². The lowest BCUT2D eigenvalue weighted by molar-refractivity contribution is -0.385. The Bertz CT molecular complexity index is 1630. The van der Waals surface area contributed by atoms with Crippen LogP contribution in [-0.4, -0.2) is 20.5 Å². The van der Waals surface area contributed by atoms with E-state index in [-0.39, 0.29) is 28.3 Å². The van der Waals surface area contributed by atoms with Gasteiger partial charge in [-0.05, 0) is 42.0 Å². The molecule has 4 aromatic rings. The standard InChI is InChI=1S/C29H23N5O4S/c35-33(36)23-12-4-7-19(16-23)15-21-10-6-14-25-27(21)31-32(28(25)22-11-5-13-24(17-22)34(37)38)29-30-26(18-39-29)20-8-2-1-3-9-20/h1-5,7-9,11-13,15-18,25,28H,6,10,14H2/b21-15+/t25-,28-/m1/s1. The number of aromatic nitrogens is 1. The minimum atomic E-state index is -0.397. The third kappa shape index (κ3) is 4.82. The van der Waals surface area contributed by atoms with Gasteiger partial charge in [-0.3, -0.25) is 20.2 Å². The average molecular weight is 538 g/mol. The number of nitro benzene ring substituents is 2. The largest absolute Gasteiger partial charge is 0.270 e. The molecule has 194 valence electrons. The van der Waals surface area contributed by atoms with Crippen molar-refractivity contribution in [2.75, 3.05) is 5.01 Å². The number of hydrazone groups is 1. The number of anilines is 1. The van der Waals surface area contributed by atoms with Crippen molar-refractivity contribution in [1.82, 2.24) is 4.98 Å². The van der Waals surface area contributed by atoms with Gasteiger partial charge in [0, 0.05) is 41.1 Å². The minimum Gasteiger partial charge on any atom is -0.258 e. The van der Waals surface area contributed by atoms with Crippen molar-refractivity contribution in [2.24, 2.45) is 11.0 Å². The molecule has 10 heteroatoms. The average Bonchev–Trinajstić information content (AvgIpc) is 3.60. The van der Waals surface area contributed by atoms with E-state index in [1.807, 2.05) is 58.9 Å². The van der Waals surface area contributed by atoms with Crippen molar-refractivity contribution in [2.45, 2.75) is 25.3 Å². The molecule has 1 saturated carbocycles. The van der Waals surface area contributed by atoms with Crippen LogP contribution in [0.1, 0.15) is 36.4 Å². The third-order valence-corrected chi connectivity index (χ3v) is 7.93. The summed E-state index contributed by atoms with van der Waals surface area (Å²) in [4.78, 5) is 27.0. The maximum Gasteiger partial charge on any atom is 0.270 e. The van der Waals surface area contributed by atoms with Gasteiger partial charge < -0.3 is 0 Å². The van der Waals surface area contributed by atoms with E-state index in [1.54, 1.807) is 24.3 Å². The topological polar surface area (TPSA) is 115 Å². The second-order valence-corrected chi connectivity index (χ2v) is 10.4. The van der Waals surface area contributed by atoms with Crippen LogP contribution in [0.3, 0.4) is 0 Å². The van der Waals surface area contributed by atoms with Crippen LogP contribution in [0.25, 0.3) is 17.3 Å². The maximum atomic E-state index is 11.6. The molecule has 1 fully saturated rings. The summed E-state index contributed by atoms with van der Waals surface area (Å²) in [7, 11) is 0. The molecule has 2 aliphatic rings. The molecule has 0 bridgehead atoms. The van der Waals surface area contributed by atoms with Crippen molar-refractivity contribution < 1.29 is 9.85 Å². The van der Waals surface area contributed by atoms with Crippen molar-refractivity contribution in [3.8, 4) is 11.3 Å². The number of allylic oxidation sites excluding steroid dienone is 1. The van der Waals surface area contributed by atoms with Crippen molar-refractivity contribution in [3.05, 3.63) is 121 Å². The summed E-state index contributed by atoms with van der Waals surface area (Å²) in [5.41, 5.74) is 5.39. The highest BCUT2D eigenvalue weighted by Gasteiger charge is 2.43. The molecule has 1 aromatic heterocycles. The molecule has 2 atom stereocenters. The van der Waals surface area contributed by atoms with E-state index in [0.717, 1.165) is 52.9 Å². The lowest BCUT2D eigenvalue weighted by Gasteiger charge is -2.29. The van der Waals surface area contributed by atoms with Crippen molar-refractivity contribution in [3.63, 3.8) is 0 Å². The van der Waals surface area contributed by atoms with E-state index in [2.05, 4.69) is 0 Å². The van der Waals surface area contributed by atoms with Crippen LogP contribution in [0, 0.1) is 26.1 Å². The zero-order chi connectivity index (χ0) is 26.9. The predicted molar refractivity (Wildman–Crippen MR) is 152 cm³/mol. The number of benzene rings is 3. The summed E-state index contributed by atoms with van der Waals surface area (Å²) in [6.07, 6.45) is 4.55. The summed E-state index contributed by atoms with van der Waals surface area (Å²) >= 11 is 1.49. The molecule has 1 aliphatic carbocycles. The Hall–Kier alpha value is -4.70. The van der Waals surface area contributed by atoms with Gasteiger partial charge in [0.2, 0.25) is 5.13 Å². The fourth-order valence-corrected chi connectivity index (χ4v) is 6.17. The van der Waals surface area contributed by atoms with E-state index < -0.39 is 4.92 Å². The lowest BCUT2D eigenvalue weighted by atomic mass is 9.77. The number of hydrogen-bond acceptors (Lipinski definition) is 8. The molecule has 0 radical (unpaired) electrons. The molecular weight excluding hydrogens is 514 g/mol. The van der Waals surface area contributed by atoms with Crippen LogP contribution in [0.2, 0.25) is 0 Å². The van der Waals surface area contributed by atoms with Crippen molar-refractivity contribution >= 4 is 39.6 Å². The number of nitrogens with zero attached hydrogens (tertiary/aromatic N) is 5. The molecule has 3 aromatic carbocycles. The smallest absolute Gasteiger partial charge is 0.258 e. The van der Waals surface area contributed by atoms with E-state index in [1.165, 1.54) is 23.5 Å². The van der Waals surface area contributed by atoms with E-state index in [4.69, 9.17) is 10.1 Å². The maximum absolute atomic E-state index is 11.6. The molecule has 1 aliphatic heterocycles. The third-order valence-electron chi connectivity index (χ3n) is 7.10. The number of hydrogen-bond donors (Lipinski definition) is 0. The van der Waals surface area contributed by atoms with E-state index >= 15 is 0 Å². The molecule has 39 heavy (non-hydrogen) atoms. The van der Waals surface area contributed by atoms with Crippen LogP contribution in [0.5, 0.6) is 0 Å². The Morgan fingerprint density at radius 1 is 0.923 bits per heavy atom. The summed E-state index contributed by atoms with van der Waals surface area (Å²) < 4.78 is 0. The highest BCUT2D eigenvalue weighted by atomic mass is 32.1. The Morgan fingerprint density at radius 2 is 1.67 bits per heavy atom. The van der Waals surface area contributed by atoms with Gasteiger partial charge in [0.05, 0.1) is 27.3 Å². The van der Waals surface area contributed by atoms with Gasteiger partial charge in [-0.2, -0.15) is 5.10 Å². The fourth-order valence-electron chi connectivity index (χ4n) is 5.35. The van der Waals surface area contributed by atoms with Crippen LogP contribution < -0.4 is 5.01 Å². The van der Waals surface area contributed by atoms with Gasteiger partial charge in [0.1, 0.15) is 0 Å². The molecule has 6 rings (SSSR count). The second-order valence-electron chi connectivity index (χ2n) is 9.53. The van der Waals surface area contributed by atoms with Crippen LogP contribution in [0.15, 0.2) is 94.9 Å². The number of thiazole rings is 1. The van der Waals surface area contributed by atoms with Crippen LogP contribution >= 0.6 is 11.3 Å². The Kier molecular flexibility index (Phi) is 6.45. The van der Waals surface area contributed by atoms with Gasteiger partial charge in [-0.25, -0.2) is 9.99 Å². The minimum absolute atomic E-state index is 0.00484. The van der Waals surface area contributed by atoms with Gasteiger partial charge in [-0.15, -0.1) is 11.3 Å². The lowest BCUT2D eigenvalue weighted by Crippen LogP contribution is -2.28. The van der Waals surface area contributed by atoms with Crippen molar-refractivity contribution in [1.29, 1.82) is 0 Å². The molecule has 9 nitrogen and oxygen atoms in total. The predicted octanol–water partition coefficient (Wildman–Crippen LogP) is 7.43. The fraction of sp³-hybridized carbons (Fsp3) is 0.172. The number of nitro groups is 2. The molecule has 0 spiro atoms. The molecular formula is C29H23N5O4S. The Morgan fingerprint density at radius 3 is 2.44 bits per heavy atom. The summed E-state index contributed by atoms with van der Waals surface area (Å²) in [5, 5.41) is 32.6. The first-order chi connectivity index (χ1) is 19.0. The number of non-ortho nitro benzene ring substituents is 2. The second kappa shape index (κ2) is 10.2. The Balaban J connectivity index is 1.44. The quantitative estimate of drug-likeness (QED) is 0.187. The monoisotopic (exact) mass is 537 g/mol. The molecule has 0 unspecified atom stereocenters. The van der Waals surface area contributed by atoms with Gasteiger partial charge >= 0.3 is 0 Å². The summed E-state index contributed by atoms with van der Waals surface area (Å²) in [5.74, 6) is -0.00484. The molecule has 0 saturated heterocycles. The normalized spacial score (nSPS) is 19.5. The highest BCUT2D eigenvalue weighted by molar-refractivity contribution is 7.14. The number of rotatable bonds is 6. The zero-order valence-corrected chi connectivity index (χ0v) is 21.5. The summed E-state index contributed by atoms with van der Waals surface area (Å²) in [6.45, 7) is 0. The SMILES string of the molecule is O=[N+]([O-])c1cccc(/C=C2\CCC[C@@H]3C2=NN(c2nc(-c4ccccc4)cs2)[C@@H]3c2cccc([N+](=O)[O-])c2)c1. The van der Waals surface area contributed by atoms with E-state index in [9.17, 15) is 20.2 Å². The number of fused-ring (bicyclic) bond motifs is 1.